The molecule has 3 rings (SSSR count). The summed E-state index contributed by atoms with van der Waals surface area (Å²) < 4.78 is 5.65. The number of ether oxygens (including phenoxy) is 1. The molecule has 106 valence electrons. The van der Waals surface area contributed by atoms with E-state index in [9.17, 15) is 9.59 Å². The van der Waals surface area contributed by atoms with Crippen molar-refractivity contribution in [2.24, 2.45) is 10.8 Å². The Morgan fingerprint density at radius 3 is 2.21 bits per heavy atom. The number of rotatable bonds is 1. The molecule has 1 saturated carbocycles. The van der Waals surface area contributed by atoms with Crippen LogP contribution in [0.5, 0.6) is 0 Å². The van der Waals surface area contributed by atoms with Gasteiger partial charge in [0.2, 0.25) is 0 Å². The standard InChI is InChI=1S/C15H23NO3/c1-13(2)14(3)7-8-15(13,19-12(14)18)11(17)16-9-5-4-6-10-16/h4-10H2,1-3H3/t14-,15-/m1/s1. The monoisotopic (exact) mass is 265 g/mol. The molecule has 1 aliphatic carbocycles. The van der Waals surface area contributed by atoms with E-state index in [0.717, 1.165) is 32.4 Å². The number of likely N-dealkylation sites (tertiary alicyclic amines) is 1. The predicted molar refractivity (Wildman–Crippen MR) is 70.4 cm³/mol. The highest BCUT2D eigenvalue weighted by Gasteiger charge is 2.76. The number of nitrogens with zero attached hydrogens (tertiary/aromatic N) is 1. The first-order chi connectivity index (χ1) is 8.85. The van der Waals surface area contributed by atoms with Gasteiger partial charge in [0, 0.05) is 18.5 Å². The van der Waals surface area contributed by atoms with Gasteiger partial charge < -0.3 is 9.64 Å². The van der Waals surface area contributed by atoms with Crippen molar-refractivity contribution >= 4 is 11.9 Å². The molecule has 0 aromatic heterocycles. The van der Waals surface area contributed by atoms with Crippen LogP contribution in [0.2, 0.25) is 0 Å². The molecule has 2 aliphatic heterocycles. The van der Waals surface area contributed by atoms with Gasteiger partial charge in [-0.2, -0.15) is 0 Å². The lowest BCUT2D eigenvalue weighted by Crippen LogP contribution is -2.55. The van der Waals surface area contributed by atoms with Gasteiger partial charge in [0.1, 0.15) is 0 Å². The zero-order chi connectivity index (χ0) is 13.9. The second kappa shape index (κ2) is 3.74. The third-order valence-corrected chi connectivity index (χ3v) is 6.07. The van der Waals surface area contributed by atoms with Gasteiger partial charge >= 0.3 is 5.97 Å². The minimum atomic E-state index is -0.907. The average Bonchev–Trinajstić information content (AvgIpc) is 2.69. The molecule has 3 fully saturated rings. The van der Waals surface area contributed by atoms with Gasteiger partial charge in [-0.15, -0.1) is 0 Å². The Bertz CT molecular complexity index is 439. The number of amides is 1. The summed E-state index contributed by atoms with van der Waals surface area (Å²) >= 11 is 0. The van der Waals surface area contributed by atoms with E-state index in [1.165, 1.54) is 6.42 Å². The van der Waals surface area contributed by atoms with Crippen molar-refractivity contribution in [1.82, 2.24) is 4.90 Å². The summed E-state index contributed by atoms with van der Waals surface area (Å²) in [5, 5.41) is 0. The molecule has 3 aliphatic rings. The Kier molecular flexibility index (Phi) is 2.55. The van der Waals surface area contributed by atoms with Crippen molar-refractivity contribution in [3.8, 4) is 0 Å². The molecule has 4 heteroatoms. The van der Waals surface area contributed by atoms with E-state index >= 15 is 0 Å². The van der Waals surface area contributed by atoms with Crippen molar-refractivity contribution in [3.05, 3.63) is 0 Å². The van der Waals surface area contributed by atoms with E-state index in [4.69, 9.17) is 4.74 Å². The molecule has 19 heavy (non-hydrogen) atoms. The van der Waals surface area contributed by atoms with Crippen LogP contribution < -0.4 is 0 Å². The minimum absolute atomic E-state index is 0.0479. The zero-order valence-electron chi connectivity index (χ0n) is 12.1. The lowest BCUT2D eigenvalue weighted by Gasteiger charge is -2.40. The molecular formula is C15H23NO3. The minimum Gasteiger partial charge on any atom is -0.448 e. The summed E-state index contributed by atoms with van der Waals surface area (Å²) in [6.07, 6.45) is 4.76. The topological polar surface area (TPSA) is 46.6 Å². The van der Waals surface area contributed by atoms with Crippen molar-refractivity contribution in [1.29, 1.82) is 0 Å². The number of piperidine rings is 1. The van der Waals surface area contributed by atoms with Crippen molar-refractivity contribution in [2.45, 2.75) is 58.5 Å². The second-order valence-electron chi connectivity index (χ2n) is 7.03. The largest absolute Gasteiger partial charge is 0.448 e. The number of esters is 1. The first-order valence-electron chi connectivity index (χ1n) is 7.38. The van der Waals surface area contributed by atoms with E-state index in [2.05, 4.69) is 0 Å². The van der Waals surface area contributed by atoms with Crippen LogP contribution in [0.25, 0.3) is 0 Å². The third kappa shape index (κ3) is 1.35. The van der Waals surface area contributed by atoms with Crippen LogP contribution in [0.3, 0.4) is 0 Å². The van der Waals surface area contributed by atoms with E-state index in [1.807, 2.05) is 25.7 Å². The van der Waals surface area contributed by atoms with Crippen molar-refractivity contribution in [2.75, 3.05) is 13.1 Å². The molecule has 2 atom stereocenters. The van der Waals surface area contributed by atoms with E-state index < -0.39 is 16.4 Å². The summed E-state index contributed by atoms with van der Waals surface area (Å²) in [6.45, 7) is 7.61. The van der Waals surface area contributed by atoms with Crippen LogP contribution in [0.1, 0.15) is 52.9 Å². The van der Waals surface area contributed by atoms with E-state index in [-0.39, 0.29) is 11.9 Å². The Morgan fingerprint density at radius 1 is 1.11 bits per heavy atom. The highest BCUT2D eigenvalue weighted by atomic mass is 16.6. The number of hydrogen-bond donors (Lipinski definition) is 0. The van der Waals surface area contributed by atoms with E-state index in [0.29, 0.717) is 6.42 Å². The van der Waals surface area contributed by atoms with E-state index in [1.54, 1.807) is 0 Å². The predicted octanol–water partition coefficient (Wildman–Crippen LogP) is 2.12. The third-order valence-electron chi connectivity index (χ3n) is 6.07. The van der Waals surface area contributed by atoms with Crippen LogP contribution >= 0.6 is 0 Å². The molecule has 0 N–H and O–H groups in total. The van der Waals surface area contributed by atoms with Crippen LogP contribution in [0.4, 0.5) is 0 Å². The van der Waals surface area contributed by atoms with Crippen LogP contribution in [0.15, 0.2) is 0 Å². The molecule has 0 aromatic carbocycles. The van der Waals surface area contributed by atoms with Crippen molar-refractivity contribution in [3.63, 3.8) is 0 Å². The summed E-state index contributed by atoms with van der Waals surface area (Å²) in [4.78, 5) is 27.0. The number of hydrogen-bond acceptors (Lipinski definition) is 3. The summed E-state index contributed by atoms with van der Waals surface area (Å²) in [7, 11) is 0. The molecule has 4 nitrogen and oxygen atoms in total. The maximum absolute atomic E-state index is 12.9. The lowest BCUT2D eigenvalue weighted by molar-refractivity contribution is -0.174. The Labute approximate surface area is 114 Å². The van der Waals surface area contributed by atoms with Gasteiger partial charge in [-0.05, 0) is 39.0 Å². The Hall–Kier alpha value is -1.06. The van der Waals surface area contributed by atoms with Gasteiger partial charge in [-0.1, -0.05) is 13.8 Å². The van der Waals surface area contributed by atoms with Crippen LogP contribution in [-0.4, -0.2) is 35.5 Å². The average molecular weight is 265 g/mol. The fraction of sp³-hybridized carbons (Fsp3) is 0.867. The summed E-state index contributed by atoms with van der Waals surface area (Å²) in [6, 6.07) is 0. The number of carbonyl (C=O) groups excluding carboxylic acids is 2. The molecule has 2 saturated heterocycles. The second-order valence-corrected chi connectivity index (χ2v) is 7.03. The maximum Gasteiger partial charge on any atom is 0.313 e. The van der Waals surface area contributed by atoms with Gasteiger partial charge in [0.15, 0.2) is 5.60 Å². The molecule has 2 bridgehead atoms. The molecule has 0 spiro atoms. The van der Waals surface area contributed by atoms with Crippen LogP contribution in [0, 0.1) is 10.8 Å². The normalized spacial score (nSPS) is 40.4. The summed E-state index contributed by atoms with van der Waals surface area (Å²) in [5.74, 6) is -0.138. The van der Waals surface area contributed by atoms with Crippen LogP contribution in [-0.2, 0) is 14.3 Å². The summed E-state index contributed by atoms with van der Waals surface area (Å²) in [5.41, 5.74) is -1.82. The molecule has 2 heterocycles. The fourth-order valence-electron chi connectivity index (χ4n) is 4.07. The first kappa shape index (κ1) is 12.9. The SMILES string of the molecule is CC1(C)[C@]2(C)CC[C@]1(C(=O)N1CCCCC1)OC2=O. The lowest BCUT2D eigenvalue weighted by atomic mass is 9.66. The maximum atomic E-state index is 12.9. The zero-order valence-corrected chi connectivity index (χ0v) is 12.1. The Balaban J connectivity index is 1.95. The highest BCUT2D eigenvalue weighted by molar-refractivity contribution is 5.96. The molecule has 0 aromatic rings. The van der Waals surface area contributed by atoms with Crippen molar-refractivity contribution < 1.29 is 14.3 Å². The molecule has 0 radical (unpaired) electrons. The quantitative estimate of drug-likeness (QED) is 0.682. The molecule has 1 amide bonds. The highest BCUT2D eigenvalue weighted by Crippen LogP contribution is 2.66. The molecule has 0 unspecified atom stereocenters. The van der Waals surface area contributed by atoms with Gasteiger partial charge in [0.05, 0.1) is 5.41 Å². The number of fused-ring (bicyclic) bond motifs is 2. The van der Waals surface area contributed by atoms with Gasteiger partial charge in [-0.3, -0.25) is 9.59 Å². The van der Waals surface area contributed by atoms with Gasteiger partial charge in [0.25, 0.3) is 5.91 Å². The number of carbonyl (C=O) groups is 2. The fourth-order valence-corrected chi connectivity index (χ4v) is 4.07. The Morgan fingerprint density at radius 2 is 1.74 bits per heavy atom. The smallest absolute Gasteiger partial charge is 0.313 e. The van der Waals surface area contributed by atoms with Gasteiger partial charge in [-0.25, -0.2) is 0 Å². The first-order valence-corrected chi connectivity index (χ1v) is 7.38. The molecular weight excluding hydrogens is 242 g/mol.